The Morgan fingerprint density at radius 2 is 1.64 bits per heavy atom. The molecule has 7 nitrogen and oxygen atoms in total. The average Bonchev–Trinajstić information content (AvgIpc) is 2.87. The molecule has 0 aliphatic rings. The van der Waals surface area contributed by atoms with Gasteiger partial charge in [-0.15, -0.1) is 0 Å². The number of amides is 2. The topological polar surface area (TPSA) is 86.8 Å². The molecule has 3 aromatic rings. The molecule has 3 rings (SSSR count). The minimum Gasteiger partial charge on any atom is -0.352 e. The van der Waals surface area contributed by atoms with Crippen LogP contribution in [0.3, 0.4) is 0 Å². The second-order valence-electron chi connectivity index (χ2n) is 9.68. The monoisotopic (exact) mass is 633 g/mol. The Hall–Kier alpha value is -2.88. The number of hydrogen-bond acceptors (Lipinski definition) is 4. The molecular formula is C29H33BrClN3O4S. The standard InChI is InChI=1S/C29H33BrClN3O4S/c1-20(2)32-29(36)27(17-22-10-6-5-7-11-22)33(18-23-12-8-9-13-26(23)31)28(35)19-34(39(4,37)38)24-14-15-25(30)21(3)16-24/h5-16,20,27H,17-19H2,1-4H3,(H,32,36)/t27-/m1/s1. The van der Waals surface area contributed by atoms with Gasteiger partial charge in [0.1, 0.15) is 12.6 Å². The smallest absolute Gasteiger partial charge is 0.244 e. The van der Waals surface area contributed by atoms with Gasteiger partial charge in [0.25, 0.3) is 0 Å². The molecule has 3 aromatic carbocycles. The number of nitrogens with zero attached hydrogens (tertiary/aromatic N) is 2. The number of halogens is 2. The van der Waals surface area contributed by atoms with Crippen molar-refractivity contribution in [1.82, 2.24) is 10.2 Å². The lowest BCUT2D eigenvalue weighted by Gasteiger charge is -2.34. The van der Waals surface area contributed by atoms with Crippen LogP contribution in [-0.2, 0) is 32.6 Å². The van der Waals surface area contributed by atoms with E-state index in [0.717, 1.165) is 26.2 Å². The highest BCUT2D eigenvalue weighted by atomic mass is 79.9. The fourth-order valence-electron chi connectivity index (χ4n) is 4.14. The number of sulfonamides is 1. The first-order valence-electron chi connectivity index (χ1n) is 12.5. The summed E-state index contributed by atoms with van der Waals surface area (Å²) < 4.78 is 27.6. The van der Waals surface area contributed by atoms with Crippen LogP contribution in [0, 0.1) is 6.92 Å². The molecular weight excluding hydrogens is 602 g/mol. The van der Waals surface area contributed by atoms with E-state index in [4.69, 9.17) is 11.6 Å². The highest BCUT2D eigenvalue weighted by Gasteiger charge is 2.33. The molecule has 0 saturated carbocycles. The SMILES string of the molecule is Cc1cc(N(CC(=O)N(Cc2ccccc2Cl)[C@H](Cc2ccccc2)C(=O)NC(C)C)S(C)(=O)=O)ccc1Br. The summed E-state index contributed by atoms with van der Waals surface area (Å²) in [5.74, 6) is -0.861. The van der Waals surface area contributed by atoms with Crippen molar-refractivity contribution in [2.45, 2.75) is 45.8 Å². The van der Waals surface area contributed by atoms with E-state index in [1.807, 2.05) is 51.1 Å². The molecule has 0 saturated heterocycles. The Bertz CT molecular complexity index is 1420. The second-order valence-corrected chi connectivity index (χ2v) is 12.9. The summed E-state index contributed by atoms with van der Waals surface area (Å²) in [5, 5.41) is 3.37. The number of benzene rings is 3. The lowest BCUT2D eigenvalue weighted by molar-refractivity contribution is -0.140. The maximum atomic E-state index is 14.1. The van der Waals surface area contributed by atoms with Crippen molar-refractivity contribution in [2.24, 2.45) is 0 Å². The molecule has 208 valence electrons. The minimum absolute atomic E-state index is 0.0263. The maximum absolute atomic E-state index is 14.1. The molecule has 0 radical (unpaired) electrons. The molecule has 0 aliphatic carbocycles. The predicted molar refractivity (Wildman–Crippen MR) is 160 cm³/mol. The number of anilines is 1. The van der Waals surface area contributed by atoms with Gasteiger partial charge in [0.2, 0.25) is 21.8 Å². The van der Waals surface area contributed by atoms with Crippen molar-refractivity contribution >= 4 is 55.1 Å². The van der Waals surface area contributed by atoms with Gasteiger partial charge in [-0.1, -0.05) is 76.1 Å². The van der Waals surface area contributed by atoms with Crippen molar-refractivity contribution < 1.29 is 18.0 Å². The molecule has 0 aromatic heterocycles. The van der Waals surface area contributed by atoms with E-state index in [2.05, 4.69) is 21.2 Å². The molecule has 0 bridgehead atoms. The lowest BCUT2D eigenvalue weighted by atomic mass is 10.0. The fraction of sp³-hybridized carbons (Fsp3) is 0.310. The molecule has 0 fully saturated rings. The highest BCUT2D eigenvalue weighted by molar-refractivity contribution is 9.10. The van der Waals surface area contributed by atoms with Crippen molar-refractivity contribution in [1.29, 1.82) is 0 Å². The van der Waals surface area contributed by atoms with Gasteiger partial charge in [-0.25, -0.2) is 8.42 Å². The molecule has 0 spiro atoms. The second kappa shape index (κ2) is 13.5. The summed E-state index contributed by atoms with van der Waals surface area (Å²) >= 11 is 9.89. The Kier molecular flexibility index (Phi) is 10.6. The third-order valence-corrected chi connectivity index (χ3v) is 8.51. The number of nitrogens with one attached hydrogen (secondary N) is 1. The quantitative estimate of drug-likeness (QED) is 0.309. The number of carbonyl (C=O) groups excluding carboxylic acids is 2. The number of rotatable bonds is 11. The van der Waals surface area contributed by atoms with Crippen LogP contribution in [0.15, 0.2) is 77.3 Å². The predicted octanol–water partition coefficient (Wildman–Crippen LogP) is 5.34. The third kappa shape index (κ3) is 8.55. The van der Waals surface area contributed by atoms with Crippen LogP contribution in [0.25, 0.3) is 0 Å². The average molecular weight is 635 g/mol. The first-order valence-corrected chi connectivity index (χ1v) is 15.5. The van der Waals surface area contributed by atoms with Crippen molar-refractivity contribution in [3.63, 3.8) is 0 Å². The zero-order valence-corrected chi connectivity index (χ0v) is 25.6. The van der Waals surface area contributed by atoms with Gasteiger partial charge < -0.3 is 10.2 Å². The molecule has 10 heteroatoms. The number of aryl methyl sites for hydroxylation is 1. The van der Waals surface area contributed by atoms with Crippen LogP contribution in [0.5, 0.6) is 0 Å². The molecule has 1 atom stereocenters. The Labute approximate surface area is 244 Å². The fourth-order valence-corrected chi connectivity index (χ4v) is 5.43. The summed E-state index contributed by atoms with van der Waals surface area (Å²) in [4.78, 5) is 29.0. The van der Waals surface area contributed by atoms with E-state index in [1.165, 1.54) is 4.90 Å². The van der Waals surface area contributed by atoms with Gasteiger partial charge >= 0.3 is 0 Å². The third-order valence-electron chi connectivity index (χ3n) is 6.11. The van der Waals surface area contributed by atoms with Gasteiger partial charge in [-0.05, 0) is 61.7 Å². The summed E-state index contributed by atoms with van der Waals surface area (Å²) in [6, 6.07) is 20.5. The van der Waals surface area contributed by atoms with E-state index in [-0.39, 0.29) is 24.9 Å². The summed E-state index contributed by atoms with van der Waals surface area (Å²) in [6.45, 7) is 5.08. The maximum Gasteiger partial charge on any atom is 0.244 e. The van der Waals surface area contributed by atoms with E-state index < -0.39 is 28.5 Å². The van der Waals surface area contributed by atoms with Gasteiger partial charge in [0.05, 0.1) is 11.9 Å². The first-order chi connectivity index (χ1) is 18.4. The molecule has 39 heavy (non-hydrogen) atoms. The van der Waals surface area contributed by atoms with Gasteiger partial charge in [-0.3, -0.25) is 13.9 Å². The van der Waals surface area contributed by atoms with E-state index in [1.54, 1.807) is 42.5 Å². The molecule has 1 N–H and O–H groups in total. The first kappa shape index (κ1) is 30.7. The molecule has 0 aliphatic heterocycles. The van der Waals surface area contributed by atoms with Crippen LogP contribution in [0.2, 0.25) is 5.02 Å². The van der Waals surface area contributed by atoms with Crippen LogP contribution in [0.1, 0.15) is 30.5 Å². The van der Waals surface area contributed by atoms with E-state index >= 15 is 0 Å². The van der Waals surface area contributed by atoms with Crippen LogP contribution < -0.4 is 9.62 Å². The Morgan fingerprint density at radius 1 is 1.00 bits per heavy atom. The molecule has 0 unspecified atom stereocenters. The van der Waals surface area contributed by atoms with Crippen molar-refractivity contribution in [3.8, 4) is 0 Å². The number of hydrogen-bond donors (Lipinski definition) is 1. The lowest BCUT2D eigenvalue weighted by Crippen LogP contribution is -2.54. The van der Waals surface area contributed by atoms with Gasteiger partial charge in [-0.2, -0.15) is 0 Å². The largest absolute Gasteiger partial charge is 0.352 e. The van der Waals surface area contributed by atoms with Crippen LogP contribution >= 0.6 is 27.5 Å². The Balaban J connectivity index is 2.08. The zero-order chi connectivity index (χ0) is 28.7. The normalized spacial score (nSPS) is 12.2. The van der Waals surface area contributed by atoms with E-state index in [9.17, 15) is 18.0 Å². The highest BCUT2D eigenvalue weighted by Crippen LogP contribution is 2.26. The molecule has 2 amide bonds. The number of carbonyl (C=O) groups is 2. The van der Waals surface area contributed by atoms with Crippen molar-refractivity contribution in [2.75, 3.05) is 17.1 Å². The van der Waals surface area contributed by atoms with Gasteiger partial charge in [0.15, 0.2) is 0 Å². The summed E-state index contributed by atoms with van der Waals surface area (Å²) in [6.07, 6.45) is 1.30. The van der Waals surface area contributed by atoms with Gasteiger partial charge in [0, 0.05) is 28.5 Å². The Morgan fingerprint density at radius 3 is 2.23 bits per heavy atom. The van der Waals surface area contributed by atoms with Crippen LogP contribution in [-0.4, -0.2) is 50.0 Å². The summed E-state index contributed by atoms with van der Waals surface area (Å²) in [7, 11) is -3.84. The van der Waals surface area contributed by atoms with Crippen molar-refractivity contribution in [3.05, 3.63) is 99.0 Å². The summed E-state index contributed by atoms with van der Waals surface area (Å²) in [5.41, 5.74) is 2.69. The molecule has 0 heterocycles. The zero-order valence-electron chi connectivity index (χ0n) is 22.4. The van der Waals surface area contributed by atoms with E-state index in [0.29, 0.717) is 16.3 Å². The minimum atomic E-state index is -3.84. The van der Waals surface area contributed by atoms with Crippen LogP contribution in [0.4, 0.5) is 5.69 Å².